The van der Waals surface area contributed by atoms with Crippen LogP contribution in [0.15, 0.2) is 24.3 Å². The van der Waals surface area contributed by atoms with Crippen LogP contribution in [0.5, 0.6) is 0 Å². The van der Waals surface area contributed by atoms with Crippen LogP contribution >= 0.6 is 0 Å². The lowest BCUT2D eigenvalue weighted by Gasteiger charge is -2.08. The molecular formula is C14H26. The van der Waals surface area contributed by atoms with Crippen LogP contribution in [0.4, 0.5) is 0 Å². The van der Waals surface area contributed by atoms with Gasteiger partial charge >= 0.3 is 0 Å². The summed E-state index contributed by atoms with van der Waals surface area (Å²) in [5.41, 5.74) is 1.66. The fraction of sp³-hybridized carbons (Fsp3) is 0.714. The fourth-order valence-corrected chi connectivity index (χ4v) is 1.53. The van der Waals surface area contributed by atoms with Gasteiger partial charge < -0.3 is 0 Å². The van der Waals surface area contributed by atoms with Crippen LogP contribution in [-0.2, 0) is 0 Å². The van der Waals surface area contributed by atoms with E-state index in [2.05, 4.69) is 33.4 Å². The number of unbranched alkanes of at least 4 members (excludes halogenated alkanes) is 1. The van der Waals surface area contributed by atoms with Gasteiger partial charge in [-0.3, -0.25) is 0 Å². The average Bonchev–Trinajstić information content (AvgIpc) is 2.14. The topological polar surface area (TPSA) is 0 Å². The molecule has 0 radical (unpaired) electrons. The molecule has 0 aliphatic carbocycles. The van der Waals surface area contributed by atoms with E-state index in [9.17, 15) is 0 Å². The number of hydrogen-bond donors (Lipinski definition) is 0. The van der Waals surface area contributed by atoms with Crippen molar-refractivity contribution in [1.29, 1.82) is 0 Å². The molecule has 14 heavy (non-hydrogen) atoms. The van der Waals surface area contributed by atoms with Crippen LogP contribution in [0, 0.1) is 5.92 Å². The Morgan fingerprint density at radius 2 is 1.93 bits per heavy atom. The van der Waals surface area contributed by atoms with Crippen molar-refractivity contribution in [2.75, 3.05) is 0 Å². The Kier molecular flexibility index (Phi) is 8.72. The first-order valence-electron chi connectivity index (χ1n) is 5.99. The zero-order chi connectivity index (χ0) is 10.8. The summed E-state index contributed by atoms with van der Waals surface area (Å²) in [5, 5.41) is 0. The minimum atomic E-state index is 0.828. The molecule has 0 rings (SSSR count). The summed E-state index contributed by atoms with van der Waals surface area (Å²) in [6.45, 7) is 10.6. The maximum atomic E-state index is 3.75. The van der Waals surface area contributed by atoms with Crippen molar-refractivity contribution in [2.24, 2.45) is 5.92 Å². The minimum absolute atomic E-state index is 0.828. The van der Waals surface area contributed by atoms with E-state index in [0.717, 1.165) is 12.3 Å². The summed E-state index contributed by atoms with van der Waals surface area (Å²) in [7, 11) is 0. The molecular weight excluding hydrogens is 168 g/mol. The molecule has 0 atom stereocenters. The van der Waals surface area contributed by atoms with Gasteiger partial charge in [0.25, 0.3) is 0 Å². The Labute approximate surface area is 90.1 Å². The van der Waals surface area contributed by atoms with Crippen LogP contribution < -0.4 is 0 Å². The zero-order valence-electron chi connectivity index (χ0n) is 10.2. The maximum absolute atomic E-state index is 3.75. The summed E-state index contributed by atoms with van der Waals surface area (Å²) in [6.07, 6.45) is 11.9. The summed E-state index contributed by atoms with van der Waals surface area (Å²) >= 11 is 0. The third-order valence-electron chi connectivity index (χ3n) is 2.42. The van der Waals surface area contributed by atoms with Gasteiger partial charge in [0.05, 0.1) is 0 Å². The summed E-state index contributed by atoms with van der Waals surface area (Å²) < 4.78 is 0. The normalized spacial score (nSPS) is 12.1. The first-order valence-corrected chi connectivity index (χ1v) is 5.99. The molecule has 0 heteroatoms. The Balaban J connectivity index is 3.86. The second kappa shape index (κ2) is 9.05. The molecule has 0 aromatic heterocycles. The van der Waals surface area contributed by atoms with Gasteiger partial charge in [0, 0.05) is 0 Å². The highest BCUT2D eigenvalue weighted by molar-refractivity contribution is 5.02. The molecule has 0 spiro atoms. The summed E-state index contributed by atoms with van der Waals surface area (Å²) in [4.78, 5) is 0. The van der Waals surface area contributed by atoms with Crippen LogP contribution in [0.25, 0.3) is 0 Å². The molecule has 0 aromatic carbocycles. The Bertz CT molecular complexity index is 163. The lowest BCUT2D eigenvalue weighted by Crippen LogP contribution is -1.90. The molecule has 0 unspecified atom stereocenters. The average molecular weight is 194 g/mol. The Hall–Kier alpha value is -0.520. The molecule has 82 valence electrons. The Morgan fingerprint density at radius 1 is 1.21 bits per heavy atom. The van der Waals surface area contributed by atoms with E-state index in [1.165, 1.54) is 32.1 Å². The van der Waals surface area contributed by atoms with E-state index in [4.69, 9.17) is 0 Å². The lowest BCUT2D eigenvalue weighted by molar-refractivity contribution is 0.575. The molecule has 0 aliphatic rings. The molecule has 0 amide bonds. The molecule has 0 saturated carbocycles. The van der Waals surface area contributed by atoms with Gasteiger partial charge in [0.1, 0.15) is 0 Å². The predicted molar refractivity (Wildman–Crippen MR) is 66.5 cm³/mol. The number of hydrogen-bond acceptors (Lipinski definition) is 0. The quantitative estimate of drug-likeness (QED) is 0.372. The van der Waals surface area contributed by atoms with E-state index in [1.807, 2.05) is 6.08 Å². The highest BCUT2D eigenvalue weighted by atomic mass is 14.0. The van der Waals surface area contributed by atoms with E-state index < -0.39 is 0 Å². The van der Waals surface area contributed by atoms with Crippen molar-refractivity contribution >= 4 is 0 Å². The standard InChI is InChI=1S/C14H26/c1-5-7-8-10-14(9-6-2)12-11-13(3)4/h5,10,13H,1,6-9,11-12H2,2-4H3. The third kappa shape index (κ3) is 8.10. The second-order valence-electron chi connectivity index (χ2n) is 4.41. The van der Waals surface area contributed by atoms with E-state index in [0.29, 0.717) is 0 Å². The molecule has 0 fully saturated rings. The molecule has 0 heterocycles. The molecule has 0 saturated heterocycles. The smallest absolute Gasteiger partial charge is 0.0313 e. The van der Waals surface area contributed by atoms with Gasteiger partial charge in [-0.25, -0.2) is 0 Å². The largest absolute Gasteiger partial charge is 0.103 e. The predicted octanol–water partition coefficient (Wildman–Crippen LogP) is 5.12. The van der Waals surface area contributed by atoms with E-state index in [1.54, 1.807) is 5.57 Å². The minimum Gasteiger partial charge on any atom is -0.103 e. The van der Waals surface area contributed by atoms with Crippen LogP contribution in [0.2, 0.25) is 0 Å². The summed E-state index contributed by atoms with van der Waals surface area (Å²) in [5.74, 6) is 0.828. The molecule has 0 bridgehead atoms. The fourth-order valence-electron chi connectivity index (χ4n) is 1.53. The maximum Gasteiger partial charge on any atom is -0.0313 e. The SMILES string of the molecule is C=CCCC=C(CCC)CCC(C)C. The van der Waals surface area contributed by atoms with Crippen molar-refractivity contribution in [1.82, 2.24) is 0 Å². The van der Waals surface area contributed by atoms with Crippen LogP contribution in [0.3, 0.4) is 0 Å². The van der Waals surface area contributed by atoms with Crippen molar-refractivity contribution in [3.8, 4) is 0 Å². The lowest BCUT2D eigenvalue weighted by atomic mass is 9.98. The van der Waals surface area contributed by atoms with Crippen molar-refractivity contribution in [2.45, 2.75) is 59.3 Å². The first kappa shape index (κ1) is 13.5. The highest BCUT2D eigenvalue weighted by Crippen LogP contribution is 2.17. The number of rotatable bonds is 8. The van der Waals surface area contributed by atoms with E-state index >= 15 is 0 Å². The van der Waals surface area contributed by atoms with Crippen molar-refractivity contribution in [3.05, 3.63) is 24.3 Å². The van der Waals surface area contributed by atoms with Crippen molar-refractivity contribution < 1.29 is 0 Å². The van der Waals surface area contributed by atoms with Crippen LogP contribution in [-0.4, -0.2) is 0 Å². The molecule has 0 nitrogen and oxygen atoms in total. The van der Waals surface area contributed by atoms with Gasteiger partial charge in [-0.15, -0.1) is 6.58 Å². The first-order chi connectivity index (χ1) is 6.70. The van der Waals surface area contributed by atoms with Gasteiger partial charge in [-0.2, -0.15) is 0 Å². The monoisotopic (exact) mass is 194 g/mol. The highest BCUT2D eigenvalue weighted by Gasteiger charge is 1.98. The van der Waals surface area contributed by atoms with Crippen molar-refractivity contribution in [3.63, 3.8) is 0 Å². The van der Waals surface area contributed by atoms with Gasteiger partial charge in [0.2, 0.25) is 0 Å². The van der Waals surface area contributed by atoms with Gasteiger partial charge in [-0.05, 0) is 38.0 Å². The Morgan fingerprint density at radius 3 is 2.43 bits per heavy atom. The van der Waals surface area contributed by atoms with Gasteiger partial charge in [-0.1, -0.05) is 44.9 Å². The second-order valence-corrected chi connectivity index (χ2v) is 4.41. The summed E-state index contributed by atoms with van der Waals surface area (Å²) in [6, 6.07) is 0. The molecule has 0 N–H and O–H groups in total. The van der Waals surface area contributed by atoms with E-state index in [-0.39, 0.29) is 0 Å². The zero-order valence-corrected chi connectivity index (χ0v) is 10.2. The van der Waals surface area contributed by atoms with Crippen LogP contribution in [0.1, 0.15) is 59.3 Å². The van der Waals surface area contributed by atoms with Gasteiger partial charge in [0.15, 0.2) is 0 Å². The molecule has 0 aromatic rings. The molecule has 0 aliphatic heterocycles. The number of allylic oxidation sites excluding steroid dienone is 3. The third-order valence-corrected chi connectivity index (χ3v) is 2.42.